The van der Waals surface area contributed by atoms with E-state index in [0.29, 0.717) is 6.54 Å². The molecule has 1 heterocycles. The fraction of sp³-hybridized carbons (Fsp3) is 0.200. The SMILES string of the molecule is COc1ccc2c(c1)-c1ccccc1C(CN)O2.Cl. The van der Waals surface area contributed by atoms with E-state index in [1.54, 1.807) is 7.11 Å². The topological polar surface area (TPSA) is 44.5 Å². The van der Waals surface area contributed by atoms with Gasteiger partial charge in [-0.25, -0.2) is 0 Å². The summed E-state index contributed by atoms with van der Waals surface area (Å²) < 4.78 is 11.2. The minimum Gasteiger partial charge on any atom is -0.497 e. The van der Waals surface area contributed by atoms with Gasteiger partial charge in [0, 0.05) is 17.7 Å². The van der Waals surface area contributed by atoms with Crippen molar-refractivity contribution in [3.8, 4) is 22.6 Å². The number of fused-ring (bicyclic) bond motifs is 3. The predicted octanol–water partition coefficient (Wildman–Crippen LogP) is 3.18. The number of ether oxygens (including phenoxy) is 2. The average molecular weight is 278 g/mol. The molecule has 1 aliphatic heterocycles. The molecule has 0 amide bonds. The number of halogens is 1. The lowest BCUT2D eigenvalue weighted by Crippen LogP contribution is -2.22. The smallest absolute Gasteiger partial charge is 0.137 e. The van der Waals surface area contributed by atoms with Crippen molar-refractivity contribution in [3.05, 3.63) is 48.0 Å². The number of hydrogen-bond acceptors (Lipinski definition) is 3. The molecule has 0 fully saturated rings. The molecule has 0 saturated carbocycles. The van der Waals surface area contributed by atoms with Crippen LogP contribution in [0.25, 0.3) is 11.1 Å². The second kappa shape index (κ2) is 5.51. The van der Waals surface area contributed by atoms with Gasteiger partial charge in [-0.05, 0) is 23.8 Å². The Balaban J connectivity index is 0.00000133. The Hall–Kier alpha value is -1.71. The first-order valence-electron chi connectivity index (χ1n) is 5.97. The van der Waals surface area contributed by atoms with E-state index in [2.05, 4.69) is 12.1 Å². The molecule has 2 aromatic carbocycles. The van der Waals surface area contributed by atoms with Crippen LogP contribution in [-0.4, -0.2) is 13.7 Å². The molecular weight excluding hydrogens is 262 g/mol. The van der Waals surface area contributed by atoms with E-state index < -0.39 is 0 Å². The van der Waals surface area contributed by atoms with Gasteiger partial charge >= 0.3 is 0 Å². The van der Waals surface area contributed by atoms with Crippen LogP contribution in [0.5, 0.6) is 11.5 Å². The number of rotatable bonds is 2. The van der Waals surface area contributed by atoms with Crippen molar-refractivity contribution in [2.45, 2.75) is 6.10 Å². The number of nitrogens with two attached hydrogens (primary N) is 1. The van der Waals surface area contributed by atoms with Crippen molar-refractivity contribution in [2.75, 3.05) is 13.7 Å². The Morgan fingerprint density at radius 3 is 2.68 bits per heavy atom. The van der Waals surface area contributed by atoms with Crippen LogP contribution in [-0.2, 0) is 0 Å². The zero-order valence-corrected chi connectivity index (χ0v) is 11.4. The zero-order chi connectivity index (χ0) is 12.5. The first-order valence-corrected chi connectivity index (χ1v) is 5.97. The van der Waals surface area contributed by atoms with E-state index in [0.717, 1.165) is 22.6 Å². The van der Waals surface area contributed by atoms with Crippen LogP contribution in [0.4, 0.5) is 0 Å². The van der Waals surface area contributed by atoms with Gasteiger partial charge in [0.1, 0.15) is 17.6 Å². The van der Waals surface area contributed by atoms with Crippen molar-refractivity contribution >= 4 is 12.4 Å². The molecule has 0 saturated heterocycles. The maximum absolute atomic E-state index is 5.93. The summed E-state index contributed by atoms with van der Waals surface area (Å²) in [5, 5.41) is 0. The van der Waals surface area contributed by atoms with Gasteiger partial charge in [0.15, 0.2) is 0 Å². The van der Waals surface area contributed by atoms with Gasteiger partial charge in [-0.1, -0.05) is 24.3 Å². The molecule has 3 nitrogen and oxygen atoms in total. The highest BCUT2D eigenvalue weighted by Crippen LogP contribution is 2.43. The summed E-state index contributed by atoms with van der Waals surface area (Å²) >= 11 is 0. The molecule has 4 heteroatoms. The van der Waals surface area contributed by atoms with E-state index in [-0.39, 0.29) is 18.5 Å². The molecule has 100 valence electrons. The molecule has 19 heavy (non-hydrogen) atoms. The van der Waals surface area contributed by atoms with Crippen LogP contribution >= 0.6 is 12.4 Å². The summed E-state index contributed by atoms with van der Waals surface area (Å²) in [6, 6.07) is 14.0. The summed E-state index contributed by atoms with van der Waals surface area (Å²) in [5.74, 6) is 1.70. The maximum atomic E-state index is 5.93. The molecule has 2 N–H and O–H groups in total. The van der Waals surface area contributed by atoms with Crippen LogP contribution in [0.1, 0.15) is 11.7 Å². The second-order valence-corrected chi connectivity index (χ2v) is 4.29. The molecule has 0 radical (unpaired) electrons. The molecular formula is C15H16ClNO2. The molecule has 2 aromatic rings. The van der Waals surface area contributed by atoms with E-state index in [1.807, 2.05) is 30.3 Å². The Morgan fingerprint density at radius 2 is 1.95 bits per heavy atom. The molecule has 0 aromatic heterocycles. The number of methoxy groups -OCH3 is 1. The van der Waals surface area contributed by atoms with Crippen molar-refractivity contribution in [2.24, 2.45) is 5.73 Å². The monoisotopic (exact) mass is 277 g/mol. The zero-order valence-electron chi connectivity index (χ0n) is 10.6. The molecule has 1 aliphatic rings. The first kappa shape index (κ1) is 13.7. The van der Waals surface area contributed by atoms with Gasteiger partial charge in [0.25, 0.3) is 0 Å². The van der Waals surface area contributed by atoms with Crippen LogP contribution in [0, 0.1) is 0 Å². The van der Waals surface area contributed by atoms with E-state index >= 15 is 0 Å². The summed E-state index contributed by atoms with van der Waals surface area (Å²) in [6.45, 7) is 0.475. The molecule has 0 bridgehead atoms. The molecule has 1 atom stereocenters. The van der Waals surface area contributed by atoms with Crippen LogP contribution in [0.3, 0.4) is 0 Å². The molecule has 1 unspecified atom stereocenters. The number of hydrogen-bond donors (Lipinski definition) is 1. The van der Waals surface area contributed by atoms with Crippen molar-refractivity contribution in [1.29, 1.82) is 0 Å². The van der Waals surface area contributed by atoms with Gasteiger partial charge in [-0.2, -0.15) is 0 Å². The third kappa shape index (κ3) is 2.27. The molecule has 0 spiro atoms. The van der Waals surface area contributed by atoms with E-state index in [9.17, 15) is 0 Å². The minimum absolute atomic E-state index is 0. The van der Waals surface area contributed by atoms with Crippen molar-refractivity contribution in [1.82, 2.24) is 0 Å². The Bertz CT molecular complexity index is 586. The second-order valence-electron chi connectivity index (χ2n) is 4.29. The normalized spacial score (nSPS) is 15.6. The van der Waals surface area contributed by atoms with Gasteiger partial charge in [0.05, 0.1) is 7.11 Å². The van der Waals surface area contributed by atoms with Gasteiger partial charge in [-0.3, -0.25) is 0 Å². The fourth-order valence-electron chi connectivity index (χ4n) is 2.36. The highest BCUT2D eigenvalue weighted by atomic mass is 35.5. The van der Waals surface area contributed by atoms with E-state index in [4.69, 9.17) is 15.2 Å². The van der Waals surface area contributed by atoms with Crippen molar-refractivity contribution < 1.29 is 9.47 Å². The Morgan fingerprint density at radius 1 is 1.16 bits per heavy atom. The third-order valence-electron chi connectivity index (χ3n) is 3.27. The average Bonchev–Trinajstić information content (AvgIpc) is 2.45. The van der Waals surface area contributed by atoms with Gasteiger partial charge in [0.2, 0.25) is 0 Å². The highest BCUT2D eigenvalue weighted by Gasteiger charge is 2.24. The Labute approximate surface area is 118 Å². The molecule has 3 rings (SSSR count). The number of benzene rings is 2. The predicted molar refractivity (Wildman–Crippen MR) is 78.1 cm³/mol. The lowest BCUT2D eigenvalue weighted by Gasteiger charge is -2.28. The first-order chi connectivity index (χ1) is 8.83. The molecule has 0 aliphatic carbocycles. The van der Waals surface area contributed by atoms with Gasteiger partial charge < -0.3 is 15.2 Å². The lowest BCUT2D eigenvalue weighted by atomic mass is 9.93. The van der Waals surface area contributed by atoms with Crippen LogP contribution in [0.2, 0.25) is 0 Å². The summed E-state index contributed by atoms with van der Waals surface area (Å²) in [4.78, 5) is 0. The van der Waals surface area contributed by atoms with Gasteiger partial charge in [-0.15, -0.1) is 12.4 Å². The van der Waals surface area contributed by atoms with Crippen LogP contribution in [0.15, 0.2) is 42.5 Å². The summed E-state index contributed by atoms with van der Waals surface area (Å²) in [5.41, 5.74) is 9.16. The third-order valence-corrected chi connectivity index (χ3v) is 3.27. The summed E-state index contributed by atoms with van der Waals surface area (Å²) in [7, 11) is 1.67. The minimum atomic E-state index is -0.0675. The van der Waals surface area contributed by atoms with E-state index in [1.165, 1.54) is 5.56 Å². The Kier molecular flexibility index (Phi) is 3.98. The standard InChI is InChI=1S/C15H15NO2.ClH/c1-17-10-6-7-14-13(8-10)11-4-2-3-5-12(11)15(9-16)18-14;/h2-8,15H,9,16H2,1H3;1H. The maximum Gasteiger partial charge on any atom is 0.137 e. The quantitative estimate of drug-likeness (QED) is 0.917. The highest BCUT2D eigenvalue weighted by molar-refractivity contribution is 5.85. The lowest BCUT2D eigenvalue weighted by molar-refractivity contribution is 0.210. The van der Waals surface area contributed by atoms with Crippen molar-refractivity contribution in [3.63, 3.8) is 0 Å². The summed E-state index contributed by atoms with van der Waals surface area (Å²) in [6.07, 6.45) is -0.0675. The largest absolute Gasteiger partial charge is 0.497 e. The fourth-order valence-corrected chi connectivity index (χ4v) is 2.36. The van der Waals surface area contributed by atoms with Crippen LogP contribution < -0.4 is 15.2 Å².